The highest BCUT2D eigenvalue weighted by molar-refractivity contribution is 5.58. The summed E-state index contributed by atoms with van der Waals surface area (Å²) in [5, 5.41) is 0. The van der Waals surface area contributed by atoms with Crippen molar-refractivity contribution in [3.05, 3.63) is 12.2 Å². The average Bonchev–Trinajstić information content (AvgIpc) is 2.81. The van der Waals surface area contributed by atoms with Crippen LogP contribution in [0.3, 0.4) is 0 Å². The molecule has 0 amide bonds. The van der Waals surface area contributed by atoms with Crippen LogP contribution in [-0.4, -0.2) is 43.3 Å². The van der Waals surface area contributed by atoms with Crippen LogP contribution in [0.1, 0.15) is 33.6 Å². The minimum absolute atomic E-state index is 0.343. The quantitative estimate of drug-likeness (QED) is 0.544. The number of unbranched alkanes of at least 4 members (excludes halogenated alkanes) is 1. The Bertz CT molecular complexity index is 339. The maximum absolute atomic E-state index is 11.0. The Kier molecular flexibility index (Phi) is 4.73. The third kappa shape index (κ3) is 3.42. The zero-order valence-corrected chi connectivity index (χ0v) is 11.7. The highest BCUT2D eigenvalue weighted by Gasteiger charge is 2.55. The first kappa shape index (κ1) is 14.7. The van der Waals surface area contributed by atoms with E-state index in [4.69, 9.17) is 18.9 Å². The van der Waals surface area contributed by atoms with Crippen LogP contribution in [-0.2, 0) is 23.7 Å². The maximum atomic E-state index is 11.0. The molecule has 0 aromatic heterocycles. The van der Waals surface area contributed by atoms with Gasteiger partial charge in [0.25, 0.3) is 0 Å². The third-order valence-electron chi connectivity index (χ3n) is 3.17. The van der Waals surface area contributed by atoms with Gasteiger partial charge < -0.3 is 23.7 Å². The van der Waals surface area contributed by atoms with Gasteiger partial charge in [0.2, 0.25) is 0 Å². The van der Waals surface area contributed by atoms with Crippen molar-refractivity contribution in [1.29, 1.82) is 0 Å². The van der Waals surface area contributed by atoms with Gasteiger partial charge in [-0.25, -0.2) is 0 Å². The number of fused-ring (bicyclic) bond motifs is 1. The number of hydrogen-bond acceptors (Lipinski definition) is 5. The van der Waals surface area contributed by atoms with Crippen molar-refractivity contribution in [2.45, 2.75) is 64.0 Å². The highest BCUT2D eigenvalue weighted by Crippen LogP contribution is 2.38. The van der Waals surface area contributed by atoms with Crippen LogP contribution in [0.25, 0.3) is 0 Å². The number of carbonyl (C=O) groups is 1. The van der Waals surface area contributed by atoms with E-state index in [0.717, 1.165) is 19.1 Å². The minimum atomic E-state index is -0.692. The number of aldehydes is 1. The van der Waals surface area contributed by atoms with Crippen molar-refractivity contribution in [3.63, 3.8) is 0 Å². The third-order valence-corrected chi connectivity index (χ3v) is 3.17. The Balaban J connectivity index is 1.91. The molecular formula is C14H22O5. The summed E-state index contributed by atoms with van der Waals surface area (Å²) in [6, 6.07) is 0. The lowest BCUT2D eigenvalue weighted by Gasteiger charge is -2.23. The molecule has 2 fully saturated rings. The van der Waals surface area contributed by atoms with E-state index < -0.39 is 24.3 Å². The summed E-state index contributed by atoms with van der Waals surface area (Å²) in [6.45, 7) is 6.21. The molecule has 0 aromatic carbocycles. The number of allylic oxidation sites excluding steroid dienone is 1. The molecule has 2 aliphatic heterocycles. The second-order valence-corrected chi connectivity index (χ2v) is 5.26. The number of rotatable bonds is 6. The van der Waals surface area contributed by atoms with Crippen LogP contribution in [0, 0.1) is 0 Å². The van der Waals surface area contributed by atoms with Gasteiger partial charge in [0.1, 0.15) is 18.3 Å². The van der Waals surface area contributed by atoms with Crippen LogP contribution in [0.2, 0.25) is 0 Å². The molecular weight excluding hydrogens is 248 g/mol. The van der Waals surface area contributed by atoms with Crippen LogP contribution < -0.4 is 0 Å². The van der Waals surface area contributed by atoms with E-state index in [2.05, 4.69) is 13.0 Å². The van der Waals surface area contributed by atoms with E-state index in [-0.39, 0.29) is 6.10 Å². The van der Waals surface area contributed by atoms with Crippen molar-refractivity contribution in [1.82, 2.24) is 0 Å². The predicted molar refractivity (Wildman–Crippen MR) is 68.6 cm³/mol. The van der Waals surface area contributed by atoms with Gasteiger partial charge in [-0.1, -0.05) is 25.5 Å². The van der Waals surface area contributed by atoms with Gasteiger partial charge in [-0.05, 0) is 20.3 Å². The summed E-state index contributed by atoms with van der Waals surface area (Å²) in [5.74, 6) is -0.692. The molecule has 2 saturated heterocycles. The molecule has 0 N–H and O–H groups in total. The normalized spacial score (nSPS) is 36.8. The monoisotopic (exact) mass is 270 g/mol. The molecule has 0 bridgehead atoms. The van der Waals surface area contributed by atoms with Crippen LogP contribution in [0.5, 0.6) is 0 Å². The molecule has 0 spiro atoms. The van der Waals surface area contributed by atoms with Gasteiger partial charge in [0.05, 0.1) is 6.61 Å². The zero-order valence-electron chi connectivity index (χ0n) is 11.7. The molecule has 0 aliphatic carbocycles. The van der Waals surface area contributed by atoms with Gasteiger partial charge in [0, 0.05) is 0 Å². The van der Waals surface area contributed by atoms with Gasteiger partial charge in [-0.3, -0.25) is 0 Å². The molecule has 108 valence electrons. The van der Waals surface area contributed by atoms with Crippen molar-refractivity contribution in [2.24, 2.45) is 0 Å². The molecule has 2 heterocycles. The van der Waals surface area contributed by atoms with Crippen molar-refractivity contribution < 1.29 is 23.7 Å². The smallest absolute Gasteiger partial charge is 0.190 e. The van der Waals surface area contributed by atoms with E-state index in [1.807, 2.05) is 19.9 Å². The molecule has 0 aromatic rings. The van der Waals surface area contributed by atoms with Gasteiger partial charge in [-0.2, -0.15) is 0 Å². The SMILES string of the molecule is CCC/C=C/CO[C@@H]1[C@H]2OC(C)(C)O[C@H]2O[C@@H]1C=O. The molecule has 4 atom stereocenters. The topological polar surface area (TPSA) is 54.0 Å². The Morgan fingerprint density at radius 3 is 2.74 bits per heavy atom. The summed E-state index contributed by atoms with van der Waals surface area (Å²) in [7, 11) is 0. The Hall–Kier alpha value is -0.750. The van der Waals surface area contributed by atoms with E-state index in [0.29, 0.717) is 6.61 Å². The van der Waals surface area contributed by atoms with Gasteiger partial charge in [0.15, 0.2) is 18.4 Å². The summed E-state index contributed by atoms with van der Waals surface area (Å²) >= 11 is 0. The minimum Gasteiger partial charge on any atom is -0.368 e. The second-order valence-electron chi connectivity index (χ2n) is 5.26. The molecule has 2 rings (SSSR count). The summed E-state index contributed by atoms with van der Waals surface area (Å²) in [5.41, 5.74) is 0. The van der Waals surface area contributed by atoms with Crippen LogP contribution in [0.15, 0.2) is 12.2 Å². The fourth-order valence-corrected chi connectivity index (χ4v) is 2.32. The van der Waals surface area contributed by atoms with E-state index in [1.165, 1.54) is 0 Å². The summed E-state index contributed by atoms with van der Waals surface area (Å²) < 4.78 is 22.5. The fraction of sp³-hybridized carbons (Fsp3) is 0.786. The highest BCUT2D eigenvalue weighted by atomic mass is 16.8. The molecule has 0 saturated carbocycles. The lowest BCUT2D eigenvalue weighted by atomic mass is 10.1. The molecule has 0 radical (unpaired) electrons. The molecule has 2 aliphatic rings. The van der Waals surface area contributed by atoms with Gasteiger partial charge >= 0.3 is 0 Å². The zero-order chi connectivity index (χ0) is 13.9. The molecule has 0 unspecified atom stereocenters. The van der Waals surface area contributed by atoms with E-state index in [9.17, 15) is 4.79 Å². The number of hydrogen-bond donors (Lipinski definition) is 0. The first-order valence-electron chi connectivity index (χ1n) is 6.80. The Labute approximate surface area is 113 Å². The van der Waals surface area contributed by atoms with Crippen LogP contribution in [0.4, 0.5) is 0 Å². The summed E-state index contributed by atoms with van der Waals surface area (Å²) in [4.78, 5) is 11.0. The predicted octanol–water partition coefficient (Wildman–Crippen LogP) is 1.80. The average molecular weight is 270 g/mol. The lowest BCUT2D eigenvalue weighted by Crippen LogP contribution is -2.37. The molecule has 19 heavy (non-hydrogen) atoms. The fourth-order valence-electron chi connectivity index (χ4n) is 2.32. The first-order chi connectivity index (χ1) is 9.07. The standard InChI is InChI=1S/C14H22O5/c1-4-5-6-7-8-16-11-10(9-15)17-13-12(11)18-14(2,3)19-13/h6-7,9-13H,4-5,8H2,1-3H3/b7-6+/t10-,11+,12-,13-/m1/s1. The number of ether oxygens (including phenoxy) is 4. The van der Waals surface area contributed by atoms with E-state index >= 15 is 0 Å². The second kappa shape index (κ2) is 6.13. The largest absolute Gasteiger partial charge is 0.368 e. The maximum Gasteiger partial charge on any atom is 0.190 e. The van der Waals surface area contributed by atoms with Crippen molar-refractivity contribution in [3.8, 4) is 0 Å². The Morgan fingerprint density at radius 2 is 2.05 bits per heavy atom. The molecule has 5 heteroatoms. The molecule has 5 nitrogen and oxygen atoms in total. The Morgan fingerprint density at radius 1 is 1.26 bits per heavy atom. The van der Waals surface area contributed by atoms with Gasteiger partial charge in [-0.15, -0.1) is 0 Å². The first-order valence-corrected chi connectivity index (χ1v) is 6.80. The van der Waals surface area contributed by atoms with Crippen molar-refractivity contribution in [2.75, 3.05) is 6.61 Å². The summed E-state index contributed by atoms with van der Waals surface area (Å²) in [6.07, 6.45) is 5.02. The lowest BCUT2D eigenvalue weighted by molar-refractivity contribution is -0.214. The van der Waals surface area contributed by atoms with E-state index in [1.54, 1.807) is 0 Å². The number of carbonyl (C=O) groups excluding carboxylic acids is 1. The van der Waals surface area contributed by atoms with Crippen molar-refractivity contribution >= 4 is 6.29 Å². The van der Waals surface area contributed by atoms with Crippen LogP contribution >= 0.6 is 0 Å².